The highest BCUT2D eigenvalue weighted by atomic mass is 31.2. The largest absolute Gasteiger partial charge is 0.472 e. The molecule has 79 heavy (non-hydrogen) atoms. The van der Waals surface area contributed by atoms with Gasteiger partial charge in [0.05, 0.1) is 13.2 Å². The number of rotatable bonds is 69. The molecule has 0 fully saturated rings. The van der Waals surface area contributed by atoms with Crippen molar-refractivity contribution in [3.63, 3.8) is 0 Å². The first-order valence-corrected chi connectivity index (χ1v) is 37.0. The number of unbranched alkanes of at least 4 members (excludes halogenated alkanes) is 56. The summed E-state index contributed by atoms with van der Waals surface area (Å²) in [5, 5.41) is 0. The number of nitrogens with two attached hydrogens (primary N) is 1. The van der Waals surface area contributed by atoms with Crippen LogP contribution in [0.5, 0.6) is 0 Å². The number of phosphoric acid groups is 1. The van der Waals surface area contributed by atoms with Crippen molar-refractivity contribution in [1.29, 1.82) is 0 Å². The molecule has 9 nitrogen and oxygen atoms in total. The summed E-state index contributed by atoms with van der Waals surface area (Å²) in [6.45, 7) is 3.84. The van der Waals surface area contributed by atoms with Gasteiger partial charge < -0.3 is 20.1 Å². The average molecular weight is 1140 g/mol. The third-order valence-electron chi connectivity index (χ3n) is 16.5. The second kappa shape index (κ2) is 66.2. The summed E-state index contributed by atoms with van der Waals surface area (Å²) in [5.41, 5.74) is 5.40. The zero-order valence-corrected chi connectivity index (χ0v) is 54.1. The van der Waals surface area contributed by atoms with Crippen molar-refractivity contribution in [2.45, 2.75) is 405 Å². The third-order valence-corrected chi connectivity index (χ3v) is 17.5. The van der Waals surface area contributed by atoms with E-state index in [1.165, 1.54) is 334 Å². The molecule has 0 radical (unpaired) electrons. The van der Waals surface area contributed by atoms with Crippen molar-refractivity contribution in [1.82, 2.24) is 0 Å². The van der Waals surface area contributed by atoms with Gasteiger partial charge in [-0.05, 0) is 12.8 Å². The number of carbonyl (C=O) groups excluding carboxylic acids is 2. The Balaban J connectivity index is 3.74. The summed E-state index contributed by atoms with van der Waals surface area (Å²) in [6, 6.07) is 0. The van der Waals surface area contributed by atoms with Gasteiger partial charge in [-0.1, -0.05) is 373 Å². The molecule has 2 unspecified atom stereocenters. The zero-order chi connectivity index (χ0) is 57.3. The average Bonchev–Trinajstić information content (AvgIpc) is 3.44. The monoisotopic (exact) mass is 1140 g/mol. The fraction of sp³-hybridized carbons (Fsp3) is 0.971. The SMILES string of the molecule is CCCCCCCCCCCCCCCCCCCCCCCCCCCCCCCCCCCCCCCC(=O)OC(COC(=O)CCCCCCCCCCCCCCCCCCCCCCC)COP(=O)(O)OCCN. The fourth-order valence-electron chi connectivity index (χ4n) is 11.2. The number of phosphoric ester groups is 1. The number of carbonyl (C=O) groups is 2. The van der Waals surface area contributed by atoms with Gasteiger partial charge in [0.2, 0.25) is 0 Å². The second-order valence-electron chi connectivity index (χ2n) is 24.5. The van der Waals surface area contributed by atoms with Gasteiger partial charge in [-0.25, -0.2) is 4.57 Å². The van der Waals surface area contributed by atoms with Crippen LogP contribution < -0.4 is 5.73 Å². The Bertz CT molecular complexity index is 1250. The maximum atomic E-state index is 12.8. The van der Waals surface area contributed by atoms with Gasteiger partial charge in [0.15, 0.2) is 6.10 Å². The fourth-order valence-corrected chi connectivity index (χ4v) is 12.0. The molecule has 0 bridgehead atoms. The number of ether oxygens (including phenoxy) is 2. The second-order valence-corrected chi connectivity index (χ2v) is 25.9. The van der Waals surface area contributed by atoms with Crippen molar-refractivity contribution < 1.29 is 37.6 Å². The maximum Gasteiger partial charge on any atom is 0.472 e. The Morgan fingerprint density at radius 3 is 0.772 bits per heavy atom. The van der Waals surface area contributed by atoms with E-state index in [0.29, 0.717) is 12.8 Å². The van der Waals surface area contributed by atoms with Gasteiger partial charge in [-0.3, -0.25) is 18.6 Å². The van der Waals surface area contributed by atoms with E-state index in [9.17, 15) is 19.0 Å². The summed E-state index contributed by atoms with van der Waals surface area (Å²) >= 11 is 0. The summed E-state index contributed by atoms with van der Waals surface area (Å²) in [7, 11) is -4.38. The van der Waals surface area contributed by atoms with Gasteiger partial charge in [-0.2, -0.15) is 0 Å². The predicted molar refractivity (Wildman–Crippen MR) is 340 cm³/mol. The maximum absolute atomic E-state index is 12.8. The Kier molecular flexibility index (Phi) is 65.3. The molecule has 0 aromatic carbocycles. The first-order chi connectivity index (χ1) is 38.8. The molecule has 0 aliphatic carbocycles. The Labute approximate surface area is 492 Å². The molecule has 0 aromatic heterocycles. The minimum atomic E-state index is -4.38. The number of esters is 2. The molecule has 0 aromatic rings. The van der Waals surface area contributed by atoms with Crippen LogP contribution in [0.1, 0.15) is 399 Å². The highest BCUT2D eigenvalue weighted by Gasteiger charge is 2.26. The molecule has 0 amide bonds. The topological polar surface area (TPSA) is 134 Å². The van der Waals surface area contributed by atoms with Gasteiger partial charge in [0.25, 0.3) is 0 Å². The molecule has 3 N–H and O–H groups in total. The van der Waals surface area contributed by atoms with Crippen LogP contribution in [0.15, 0.2) is 0 Å². The van der Waals surface area contributed by atoms with Crippen LogP contribution >= 0.6 is 7.82 Å². The molecule has 10 heteroatoms. The van der Waals surface area contributed by atoms with Crippen LogP contribution in [-0.2, 0) is 32.7 Å². The van der Waals surface area contributed by atoms with Crippen molar-refractivity contribution in [2.75, 3.05) is 26.4 Å². The van der Waals surface area contributed by atoms with E-state index < -0.39 is 26.5 Å². The highest BCUT2D eigenvalue weighted by Crippen LogP contribution is 2.43. The Hall–Kier alpha value is -0.990. The van der Waals surface area contributed by atoms with Crippen molar-refractivity contribution in [2.24, 2.45) is 5.73 Å². The van der Waals surface area contributed by atoms with Gasteiger partial charge in [0, 0.05) is 19.4 Å². The molecule has 0 saturated carbocycles. The minimum absolute atomic E-state index is 0.0588. The molecule has 0 saturated heterocycles. The van der Waals surface area contributed by atoms with E-state index in [1.807, 2.05) is 0 Å². The van der Waals surface area contributed by atoms with E-state index >= 15 is 0 Å². The summed E-state index contributed by atoms with van der Waals surface area (Å²) in [6.07, 6.45) is 77.9. The molecule has 0 heterocycles. The summed E-state index contributed by atoms with van der Waals surface area (Å²) in [5.74, 6) is -0.798. The van der Waals surface area contributed by atoms with Gasteiger partial charge in [0.1, 0.15) is 6.61 Å². The molecule has 2 atom stereocenters. The van der Waals surface area contributed by atoms with Crippen LogP contribution in [0, 0.1) is 0 Å². The van der Waals surface area contributed by atoms with Crippen molar-refractivity contribution >= 4 is 19.8 Å². The van der Waals surface area contributed by atoms with Gasteiger partial charge >= 0.3 is 19.8 Å². The summed E-state index contributed by atoms with van der Waals surface area (Å²) in [4.78, 5) is 35.3. The van der Waals surface area contributed by atoms with E-state index in [1.54, 1.807) is 0 Å². The third kappa shape index (κ3) is 66.0. The highest BCUT2D eigenvalue weighted by molar-refractivity contribution is 7.47. The smallest absolute Gasteiger partial charge is 0.462 e. The first kappa shape index (κ1) is 78.0. The van der Waals surface area contributed by atoms with E-state index in [0.717, 1.165) is 32.1 Å². The van der Waals surface area contributed by atoms with Crippen LogP contribution in [0.25, 0.3) is 0 Å². The van der Waals surface area contributed by atoms with Crippen molar-refractivity contribution in [3.05, 3.63) is 0 Å². The lowest BCUT2D eigenvalue weighted by Gasteiger charge is -2.19. The van der Waals surface area contributed by atoms with Crippen LogP contribution in [0.4, 0.5) is 0 Å². The first-order valence-electron chi connectivity index (χ1n) is 35.5. The number of hydrogen-bond donors (Lipinski definition) is 2. The quantitative estimate of drug-likeness (QED) is 0.0347. The zero-order valence-electron chi connectivity index (χ0n) is 53.2. The standard InChI is InChI=1S/C69H138NO8P/c1-3-5-7-9-11-13-15-17-19-21-23-25-26-27-28-29-30-31-32-33-34-35-36-37-38-39-40-42-44-46-48-50-52-54-56-58-60-62-69(72)78-67(66-77-79(73,74)76-64-63-70)65-75-68(71)61-59-57-55-53-51-49-47-45-43-41-24-22-20-18-16-14-12-10-8-6-4-2/h67H,3-66,70H2,1-2H3,(H,73,74). The van der Waals surface area contributed by atoms with Gasteiger partial charge in [-0.15, -0.1) is 0 Å². The molecule has 472 valence electrons. The normalized spacial score (nSPS) is 12.8. The Morgan fingerprint density at radius 1 is 0.329 bits per heavy atom. The molecule has 0 aliphatic heterocycles. The van der Waals surface area contributed by atoms with Crippen LogP contribution in [0.2, 0.25) is 0 Å². The van der Waals surface area contributed by atoms with E-state index in [4.69, 9.17) is 24.3 Å². The number of hydrogen-bond acceptors (Lipinski definition) is 8. The molecule has 0 spiro atoms. The van der Waals surface area contributed by atoms with Crippen LogP contribution in [-0.4, -0.2) is 49.3 Å². The molecule has 0 rings (SSSR count). The van der Waals surface area contributed by atoms with E-state index in [-0.39, 0.29) is 32.1 Å². The van der Waals surface area contributed by atoms with Crippen molar-refractivity contribution in [3.8, 4) is 0 Å². The molecular formula is C69H138NO8P. The lowest BCUT2D eigenvalue weighted by molar-refractivity contribution is -0.161. The summed E-state index contributed by atoms with van der Waals surface area (Å²) < 4.78 is 33.2. The molecular weight excluding hydrogens is 1000 g/mol. The lowest BCUT2D eigenvalue weighted by atomic mass is 10.0. The molecule has 0 aliphatic rings. The Morgan fingerprint density at radius 2 is 0.544 bits per heavy atom. The lowest BCUT2D eigenvalue weighted by Crippen LogP contribution is -2.29. The predicted octanol–water partition coefficient (Wildman–Crippen LogP) is 23.0. The minimum Gasteiger partial charge on any atom is -0.462 e. The van der Waals surface area contributed by atoms with E-state index in [2.05, 4.69) is 13.8 Å². The van der Waals surface area contributed by atoms with Crippen LogP contribution in [0.3, 0.4) is 0 Å².